The van der Waals surface area contributed by atoms with Gasteiger partial charge in [-0.1, -0.05) is 24.3 Å². The van der Waals surface area contributed by atoms with E-state index in [1.807, 2.05) is 30.3 Å². The number of nitrogens with zero attached hydrogens (tertiary/aromatic N) is 1. The van der Waals surface area contributed by atoms with E-state index in [1.165, 1.54) is 6.92 Å². The van der Waals surface area contributed by atoms with Gasteiger partial charge < -0.3 is 15.5 Å². The van der Waals surface area contributed by atoms with Crippen molar-refractivity contribution in [3.05, 3.63) is 71.4 Å². The van der Waals surface area contributed by atoms with Crippen LogP contribution in [0.1, 0.15) is 40.9 Å². The van der Waals surface area contributed by atoms with Crippen molar-refractivity contribution in [2.75, 3.05) is 12.4 Å². The second-order valence-corrected chi connectivity index (χ2v) is 6.30. The van der Waals surface area contributed by atoms with Crippen LogP contribution in [-0.4, -0.2) is 29.7 Å². The van der Waals surface area contributed by atoms with Crippen LogP contribution in [0.15, 0.2) is 54.7 Å². The Morgan fingerprint density at radius 1 is 1.04 bits per heavy atom. The van der Waals surface area contributed by atoms with Gasteiger partial charge in [-0.05, 0) is 41.5 Å². The number of nitrogens with one attached hydrogen (secondary N) is 2. The summed E-state index contributed by atoms with van der Waals surface area (Å²) in [6.45, 7) is 1.49. The first-order chi connectivity index (χ1) is 13.0. The highest BCUT2D eigenvalue weighted by atomic mass is 16.2. The van der Waals surface area contributed by atoms with Crippen molar-refractivity contribution in [2.45, 2.75) is 19.4 Å². The highest BCUT2D eigenvalue weighted by Gasteiger charge is 2.28. The van der Waals surface area contributed by atoms with Crippen LogP contribution in [0.4, 0.5) is 5.69 Å². The number of carbonyl (C=O) groups excluding carboxylic acids is 3. The average molecular weight is 363 g/mol. The third-order valence-electron chi connectivity index (χ3n) is 4.51. The van der Waals surface area contributed by atoms with Crippen LogP contribution in [-0.2, 0) is 9.59 Å². The van der Waals surface area contributed by atoms with Gasteiger partial charge in [0.2, 0.25) is 11.8 Å². The standard InChI is InChI=1S/C21H21N3O3/c1-14(25)24-12-11-15-5-3-4-6-18(15)19(24)13-20(26)23-17-9-7-16(8-10-17)21(27)22-2/h3-12,19H,13H2,1-2H3,(H,22,27)(H,23,26). The van der Waals surface area contributed by atoms with Gasteiger partial charge in [0.25, 0.3) is 5.91 Å². The number of hydrogen-bond donors (Lipinski definition) is 2. The minimum absolute atomic E-state index is 0.117. The summed E-state index contributed by atoms with van der Waals surface area (Å²) in [5.41, 5.74) is 3.06. The average Bonchev–Trinajstić information content (AvgIpc) is 2.68. The van der Waals surface area contributed by atoms with Crippen molar-refractivity contribution < 1.29 is 14.4 Å². The highest BCUT2D eigenvalue weighted by Crippen LogP contribution is 2.33. The summed E-state index contributed by atoms with van der Waals surface area (Å²) >= 11 is 0. The van der Waals surface area contributed by atoms with Crippen molar-refractivity contribution in [1.29, 1.82) is 0 Å². The maximum absolute atomic E-state index is 12.6. The molecule has 1 aliphatic heterocycles. The summed E-state index contributed by atoms with van der Waals surface area (Å²) in [4.78, 5) is 37.7. The Morgan fingerprint density at radius 3 is 2.41 bits per heavy atom. The van der Waals surface area contributed by atoms with Gasteiger partial charge in [-0.3, -0.25) is 14.4 Å². The lowest BCUT2D eigenvalue weighted by molar-refractivity contribution is -0.129. The lowest BCUT2D eigenvalue weighted by Crippen LogP contribution is -2.33. The van der Waals surface area contributed by atoms with Crippen molar-refractivity contribution in [3.63, 3.8) is 0 Å². The van der Waals surface area contributed by atoms with E-state index in [0.717, 1.165) is 11.1 Å². The molecule has 0 fully saturated rings. The predicted molar refractivity (Wildman–Crippen MR) is 104 cm³/mol. The second kappa shape index (κ2) is 7.86. The van der Waals surface area contributed by atoms with Gasteiger partial charge in [-0.25, -0.2) is 0 Å². The van der Waals surface area contributed by atoms with Gasteiger partial charge in [-0.2, -0.15) is 0 Å². The summed E-state index contributed by atoms with van der Waals surface area (Å²) in [6, 6.07) is 14.0. The maximum Gasteiger partial charge on any atom is 0.251 e. The molecule has 2 aromatic rings. The molecule has 0 bridgehead atoms. The molecule has 138 valence electrons. The Balaban J connectivity index is 1.75. The zero-order valence-electron chi connectivity index (χ0n) is 15.2. The van der Waals surface area contributed by atoms with Crippen LogP contribution >= 0.6 is 0 Å². The molecule has 1 unspecified atom stereocenters. The molecule has 0 saturated carbocycles. The quantitative estimate of drug-likeness (QED) is 0.877. The van der Waals surface area contributed by atoms with Crippen LogP contribution in [0.25, 0.3) is 6.08 Å². The van der Waals surface area contributed by atoms with Gasteiger partial charge >= 0.3 is 0 Å². The van der Waals surface area contributed by atoms with Gasteiger partial charge in [0.1, 0.15) is 0 Å². The van der Waals surface area contributed by atoms with Gasteiger partial charge in [0.15, 0.2) is 0 Å². The van der Waals surface area contributed by atoms with E-state index in [4.69, 9.17) is 0 Å². The minimum atomic E-state index is -0.353. The van der Waals surface area contributed by atoms with Crippen LogP contribution < -0.4 is 10.6 Å². The fraction of sp³-hybridized carbons (Fsp3) is 0.190. The molecule has 6 heteroatoms. The summed E-state index contributed by atoms with van der Waals surface area (Å²) in [5, 5.41) is 5.38. The maximum atomic E-state index is 12.6. The van der Waals surface area contributed by atoms with Gasteiger partial charge in [0.05, 0.1) is 12.5 Å². The van der Waals surface area contributed by atoms with E-state index < -0.39 is 0 Å². The normalized spacial score (nSPS) is 15.0. The number of amides is 3. The van der Waals surface area contributed by atoms with Crippen LogP contribution in [0.5, 0.6) is 0 Å². The number of fused-ring (bicyclic) bond motifs is 1. The summed E-state index contributed by atoms with van der Waals surface area (Å²) in [6.07, 6.45) is 3.74. The van der Waals surface area contributed by atoms with E-state index in [-0.39, 0.29) is 30.2 Å². The first-order valence-electron chi connectivity index (χ1n) is 8.67. The molecule has 2 aromatic carbocycles. The molecule has 3 amide bonds. The summed E-state index contributed by atoms with van der Waals surface area (Å²) < 4.78 is 0. The Hall–Kier alpha value is -3.41. The molecular formula is C21H21N3O3. The van der Waals surface area contributed by atoms with E-state index in [2.05, 4.69) is 10.6 Å². The number of rotatable bonds is 4. The zero-order chi connectivity index (χ0) is 19.4. The molecule has 2 N–H and O–H groups in total. The largest absolute Gasteiger partial charge is 0.355 e. The first-order valence-corrected chi connectivity index (χ1v) is 8.67. The summed E-state index contributed by atoms with van der Waals surface area (Å²) in [7, 11) is 1.56. The number of carbonyl (C=O) groups is 3. The monoisotopic (exact) mass is 363 g/mol. The van der Waals surface area contributed by atoms with Crippen molar-refractivity contribution in [2.24, 2.45) is 0 Å². The number of hydrogen-bond acceptors (Lipinski definition) is 3. The van der Waals surface area contributed by atoms with Crippen LogP contribution in [0, 0.1) is 0 Å². The smallest absolute Gasteiger partial charge is 0.251 e. The van der Waals surface area contributed by atoms with E-state index >= 15 is 0 Å². The van der Waals surface area contributed by atoms with Gasteiger partial charge in [0, 0.05) is 31.4 Å². The minimum Gasteiger partial charge on any atom is -0.355 e. The third-order valence-corrected chi connectivity index (χ3v) is 4.51. The number of benzene rings is 2. The van der Waals surface area contributed by atoms with E-state index in [1.54, 1.807) is 42.4 Å². The molecule has 0 aliphatic carbocycles. The molecule has 0 radical (unpaired) electrons. The van der Waals surface area contributed by atoms with Crippen LogP contribution in [0.3, 0.4) is 0 Å². The zero-order valence-corrected chi connectivity index (χ0v) is 15.2. The van der Waals surface area contributed by atoms with Crippen molar-refractivity contribution in [1.82, 2.24) is 10.2 Å². The molecule has 1 heterocycles. The second-order valence-electron chi connectivity index (χ2n) is 6.30. The Labute approximate surface area is 157 Å². The molecular weight excluding hydrogens is 342 g/mol. The highest BCUT2D eigenvalue weighted by molar-refractivity contribution is 5.96. The lowest BCUT2D eigenvalue weighted by Gasteiger charge is -2.32. The molecule has 1 atom stereocenters. The van der Waals surface area contributed by atoms with E-state index in [9.17, 15) is 14.4 Å². The third kappa shape index (κ3) is 4.06. The van der Waals surface area contributed by atoms with E-state index in [0.29, 0.717) is 11.3 Å². The predicted octanol–water partition coefficient (Wildman–Crippen LogP) is 2.95. The SMILES string of the molecule is CNC(=O)c1ccc(NC(=O)CC2c3ccccc3C=CN2C(C)=O)cc1. The fourth-order valence-corrected chi connectivity index (χ4v) is 3.15. The molecule has 27 heavy (non-hydrogen) atoms. The molecule has 3 rings (SSSR count). The van der Waals surface area contributed by atoms with Crippen LogP contribution in [0.2, 0.25) is 0 Å². The Morgan fingerprint density at radius 2 is 1.74 bits per heavy atom. The summed E-state index contributed by atoms with van der Waals surface area (Å²) in [5.74, 6) is -0.506. The topological polar surface area (TPSA) is 78.5 Å². The molecule has 6 nitrogen and oxygen atoms in total. The van der Waals surface area contributed by atoms with Crippen molar-refractivity contribution >= 4 is 29.5 Å². The molecule has 0 aromatic heterocycles. The molecule has 0 saturated heterocycles. The van der Waals surface area contributed by atoms with Crippen molar-refractivity contribution in [3.8, 4) is 0 Å². The Kier molecular flexibility index (Phi) is 5.35. The molecule has 1 aliphatic rings. The molecule has 0 spiro atoms. The van der Waals surface area contributed by atoms with Gasteiger partial charge in [-0.15, -0.1) is 0 Å². The lowest BCUT2D eigenvalue weighted by atomic mass is 9.93. The number of anilines is 1. The first kappa shape index (κ1) is 18.4. The fourth-order valence-electron chi connectivity index (χ4n) is 3.15. The Bertz CT molecular complexity index is 903.